The van der Waals surface area contributed by atoms with E-state index in [0.29, 0.717) is 6.04 Å². The smallest absolute Gasteiger partial charge is 0.118 e. The summed E-state index contributed by atoms with van der Waals surface area (Å²) in [6, 6.07) is 17.0. The molecule has 3 nitrogen and oxygen atoms in total. The molecule has 2 N–H and O–H groups in total. The monoisotopic (exact) mass is 330 g/mol. The normalized spacial score (nSPS) is 17.9. The number of nitrogens with two attached hydrogens (primary N) is 1. The third kappa shape index (κ3) is 3.86. The highest BCUT2D eigenvalue weighted by Gasteiger charge is 2.26. The highest BCUT2D eigenvalue weighted by atomic mass is 35.5. The maximum absolute atomic E-state index is 6.07. The van der Waals surface area contributed by atoms with Crippen molar-refractivity contribution in [2.75, 3.05) is 20.2 Å². The predicted octanol–water partition coefficient (Wildman–Crippen LogP) is 3.86. The van der Waals surface area contributed by atoms with Gasteiger partial charge in [0.05, 0.1) is 13.2 Å². The lowest BCUT2D eigenvalue weighted by Gasteiger charge is -2.37. The summed E-state index contributed by atoms with van der Waals surface area (Å²) in [5, 5.41) is 0.767. The van der Waals surface area contributed by atoms with Crippen LogP contribution in [0.4, 0.5) is 0 Å². The lowest BCUT2D eigenvalue weighted by atomic mass is 9.94. The Morgan fingerprint density at radius 2 is 1.52 bits per heavy atom. The number of hydrogen-bond donors (Lipinski definition) is 1. The molecule has 1 aliphatic rings. The minimum absolute atomic E-state index is 0.227. The van der Waals surface area contributed by atoms with Crippen LogP contribution < -0.4 is 10.5 Å². The minimum atomic E-state index is 0.227. The number of rotatable bonds is 4. The summed E-state index contributed by atoms with van der Waals surface area (Å²) in [6.45, 7) is 2.03. The first-order chi connectivity index (χ1) is 11.2. The molecule has 1 aliphatic heterocycles. The van der Waals surface area contributed by atoms with Crippen molar-refractivity contribution in [3.05, 3.63) is 64.7 Å². The van der Waals surface area contributed by atoms with Crippen LogP contribution in [0.1, 0.15) is 30.0 Å². The molecule has 0 saturated carbocycles. The second kappa shape index (κ2) is 7.35. The van der Waals surface area contributed by atoms with Gasteiger partial charge in [-0.2, -0.15) is 0 Å². The molecular formula is C19H23ClN2O. The van der Waals surface area contributed by atoms with Crippen LogP contribution in [-0.2, 0) is 0 Å². The van der Waals surface area contributed by atoms with Gasteiger partial charge in [0, 0.05) is 24.2 Å². The third-order valence-electron chi connectivity index (χ3n) is 4.56. The van der Waals surface area contributed by atoms with Gasteiger partial charge in [-0.25, -0.2) is 0 Å². The fourth-order valence-electron chi connectivity index (χ4n) is 3.22. The average Bonchev–Trinajstić information content (AvgIpc) is 2.59. The van der Waals surface area contributed by atoms with E-state index in [-0.39, 0.29) is 6.04 Å². The molecule has 0 spiro atoms. The van der Waals surface area contributed by atoms with Crippen molar-refractivity contribution in [2.24, 2.45) is 5.73 Å². The van der Waals surface area contributed by atoms with Crippen molar-refractivity contribution in [3.8, 4) is 5.75 Å². The van der Waals surface area contributed by atoms with E-state index in [9.17, 15) is 0 Å². The number of halogens is 1. The Labute approximate surface area is 143 Å². The van der Waals surface area contributed by atoms with Crippen LogP contribution >= 0.6 is 11.6 Å². The molecule has 2 aromatic rings. The van der Waals surface area contributed by atoms with Crippen LogP contribution in [0.15, 0.2) is 48.5 Å². The maximum Gasteiger partial charge on any atom is 0.118 e. The molecule has 0 amide bonds. The number of ether oxygens (including phenoxy) is 1. The van der Waals surface area contributed by atoms with Gasteiger partial charge in [0.25, 0.3) is 0 Å². The quantitative estimate of drug-likeness (QED) is 0.925. The van der Waals surface area contributed by atoms with Crippen molar-refractivity contribution < 1.29 is 4.74 Å². The maximum atomic E-state index is 6.07. The zero-order valence-corrected chi connectivity index (χ0v) is 14.2. The number of likely N-dealkylation sites (tertiary alicyclic amines) is 1. The Morgan fingerprint density at radius 3 is 2.04 bits per heavy atom. The van der Waals surface area contributed by atoms with Gasteiger partial charge in [-0.3, -0.25) is 4.90 Å². The summed E-state index contributed by atoms with van der Waals surface area (Å²) in [4.78, 5) is 2.51. The molecule has 3 rings (SSSR count). The number of benzene rings is 2. The average molecular weight is 331 g/mol. The summed E-state index contributed by atoms with van der Waals surface area (Å²) in [5.41, 5.74) is 8.60. The summed E-state index contributed by atoms with van der Waals surface area (Å²) >= 11 is 6.06. The molecule has 0 radical (unpaired) electrons. The molecule has 122 valence electrons. The van der Waals surface area contributed by atoms with E-state index >= 15 is 0 Å². The standard InChI is InChI=1S/C19H23ClN2O/c1-23-18-8-4-15(5-9-18)19(14-2-6-16(20)7-3-14)22-12-10-17(21)11-13-22/h2-9,17,19H,10-13,21H2,1H3. The molecule has 0 aliphatic carbocycles. The Hall–Kier alpha value is -1.55. The van der Waals surface area contributed by atoms with E-state index in [4.69, 9.17) is 22.1 Å². The highest BCUT2D eigenvalue weighted by Crippen LogP contribution is 2.32. The zero-order chi connectivity index (χ0) is 16.2. The first-order valence-corrected chi connectivity index (χ1v) is 8.44. The molecule has 2 aromatic carbocycles. The van der Waals surface area contributed by atoms with Gasteiger partial charge in [-0.1, -0.05) is 35.9 Å². The Balaban J connectivity index is 1.93. The van der Waals surface area contributed by atoms with Crippen molar-refractivity contribution in [3.63, 3.8) is 0 Å². The third-order valence-corrected chi connectivity index (χ3v) is 4.81. The number of nitrogens with zero attached hydrogens (tertiary/aromatic N) is 1. The van der Waals surface area contributed by atoms with Crippen molar-refractivity contribution in [2.45, 2.75) is 24.9 Å². The molecule has 4 heteroatoms. The fraction of sp³-hybridized carbons (Fsp3) is 0.368. The van der Waals surface area contributed by atoms with Gasteiger partial charge in [0.2, 0.25) is 0 Å². The number of piperidine rings is 1. The molecule has 1 fully saturated rings. The zero-order valence-electron chi connectivity index (χ0n) is 13.4. The van der Waals surface area contributed by atoms with Crippen LogP contribution in [0.25, 0.3) is 0 Å². The predicted molar refractivity (Wildman–Crippen MR) is 95.1 cm³/mol. The first kappa shape index (κ1) is 16.3. The van der Waals surface area contributed by atoms with E-state index < -0.39 is 0 Å². The number of methoxy groups -OCH3 is 1. The van der Waals surface area contributed by atoms with E-state index in [1.807, 2.05) is 24.3 Å². The molecule has 0 aromatic heterocycles. The van der Waals surface area contributed by atoms with Gasteiger partial charge in [-0.05, 0) is 48.2 Å². The summed E-state index contributed by atoms with van der Waals surface area (Å²) < 4.78 is 5.28. The van der Waals surface area contributed by atoms with Crippen molar-refractivity contribution in [1.82, 2.24) is 4.90 Å². The van der Waals surface area contributed by atoms with Crippen molar-refractivity contribution in [1.29, 1.82) is 0 Å². The van der Waals surface area contributed by atoms with E-state index in [2.05, 4.69) is 29.2 Å². The molecule has 1 unspecified atom stereocenters. The Bertz CT molecular complexity index is 619. The SMILES string of the molecule is COc1ccc(C(c2ccc(Cl)cc2)N2CCC(N)CC2)cc1. The molecular weight excluding hydrogens is 308 g/mol. The number of hydrogen-bond acceptors (Lipinski definition) is 3. The molecule has 1 saturated heterocycles. The summed E-state index contributed by atoms with van der Waals surface area (Å²) in [7, 11) is 1.69. The lowest BCUT2D eigenvalue weighted by Crippen LogP contribution is -2.41. The van der Waals surface area contributed by atoms with E-state index in [1.54, 1.807) is 7.11 Å². The largest absolute Gasteiger partial charge is 0.497 e. The van der Waals surface area contributed by atoms with E-state index in [1.165, 1.54) is 11.1 Å². The van der Waals surface area contributed by atoms with Crippen molar-refractivity contribution >= 4 is 11.6 Å². The Kier molecular flexibility index (Phi) is 5.21. The van der Waals surface area contributed by atoms with Crippen LogP contribution in [0.5, 0.6) is 5.75 Å². The summed E-state index contributed by atoms with van der Waals surface area (Å²) in [5.74, 6) is 0.879. The van der Waals surface area contributed by atoms with E-state index in [0.717, 1.165) is 36.7 Å². The van der Waals surface area contributed by atoms with Crippen LogP contribution in [0, 0.1) is 0 Å². The molecule has 23 heavy (non-hydrogen) atoms. The fourth-order valence-corrected chi connectivity index (χ4v) is 3.35. The minimum Gasteiger partial charge on any atom is -0.497 e. The van der Waals surface area contributed by atoms with Gasteiger partial charge < -0.3 is 10.5 Å². The lowest BCUT2D eigenvalue weighted by molar-refractivity contribution is 0.175. The Morgan fingerprint density at radius 1 is 1.00 bits per heavy atom. The second-order valence-electron chi connectivity index (χ2n) is 6.10. The summed E-state index contributed by atoms with van der Waals surface area (Å²) in [6.07, 6.45) is 2.08. The van der Waals surface area contributed by atoms with Gasteiger partial charge in [0.1, 0.15) is 5.75 Å². The van der Waals surface area contributed by atoms with Gasteiger partial charge in [-0.15, -0.1) is 0 Å². The van der Waals surface area contributed by atoms with Crippen LogP contribution in [0.3, 0.4) is 0 Å². The molecule has 1 heterocycles. The molecule has 1 atom stereocenters. The van der Waals surface area contributed by atoms with Crippen LogP contribution in [-0.4, -0.2) is 31.1 Å². The van der Waals surface area contributed by atoms with Gasteiger partial charge in [0.15, 0.2) is 0 Å². The molecule has 0 bridgehead atoms. The second-order valence-corrected chi connectivity index (χ2v) is 6.54. The van der Waals surface area contributed by atoms with Crippen LogP contribution in [0.2, 0.25) is 5.02 Å². The highest BCUT2D eigenvalue weighted by molar-refractivity contribution is 6.30. The topological polar surface area (TPSA) is 38.5 Å². The van der Waals surface area contributed by atoms with Gasteiger partial charge >= 0.3 is 0 Å². The first-order valence-electron chi connectivity index (χ1n) is 8.06.